The molecule has 1 fully saturated rings. The van der Waals surface area contributed by atoms with E-state index in [1.807, 2.05) is 24.3 Å². The van der Waals surface area contributed by atoms with Crippen LogP contribution < -0.4 is 15.4 Å². The van der Waals surface area contributed by atoms with Gasteiger partial charge in [-0.25, -0.2) is 4.79 Å². The summed E-state index contributed by atoms with van der Waals surface area (Å²) in [6, 6.07) is 7.96. The average Bonchev–Trinajstić information content (AvgIpc) is 3.30. The Morgan fingerprint density at radius 3 is 2.54 bits per heavy atom. The van der Waals surface area contributed by atoms with Crippen molar-refractivity contribution >= 4 is 6.09 Å². The molecule has 2 aromatic rings. The summed E-state index contributed by atoms with van der Waals surface area (Å²) in [7, 11) is 1.67. The minimum atomic E-state index is -0.992. The number of carboxylic acid groups (broad SMARTS) is 1. The molecular formula is C18H28N4O4. The molecule has 0 saturated carbocycles. The summed E-state index contributed by atoms with van der Waals surface area (Å²) in [6.45, 7) is 4.26. The largest absolute Gasteiger partial charge is 0.497 e. The number of methoxy groups -OCH3 is 1. The molecule has 1 aromatic heterocycles. The second-order valence-electron chi connectivity index (χ2n) is 5.75. The number of hydrogen-bond donors (Lipinski definition) is 5. The number of H-pyrrole nitrogens is 1. The zero-order valence-corrected chi connectivity index (χ0v) is 15.2. The van der Waals surface area contributed by atoms with Crippen LogP contribution in [0.3, 0.4) is 0 Å². The van der Waals surface area contributed by atoms with E-state index >= 15 is 0 Å². The summed E-state index contributed by atoms with van der Waals surface area (Å²) < 4.78 is 4.97. The molecule has 0 bridgehead atoms. The molecule has 1 unspecified atom stereocenters. The van der Waals surface area contributed by atoms with Crippen molar-refractivity contribution in [3.63, 3.8) is 0 Å². The van der Waals surface area contributed by atoms with Gasteiger partial charge in [0, 0.05) is 19.3 Å². The molecule has 0 radical (unpaired) electrons. The van der Waals surface area contributed by atoms with E-state index in [0.29, 0.717) is 13.0 Å². The molecule has 1 atom stereocenters. The molecular weight excluding hydrogens is 336 g/mol. The number of ether oxygens (including phenoxy) is 1. The van der Waals surface area contributed by atoms with E-state index in [2.05, 4.69) is 27.8 Å². The van der Waals surface area contributed by atoms with Gasteiger partial charge in [-0.05, 0) is 44.0 Å². The number of aliphatic hydroxyl groups is 1. The van der Waals surface area contributed by atoms with Gasteiger partial charge in [-0.3, -0.25) is 5.10 Å². The molecule has 1 amide bonds. The molecule has 0 aliphatic carbocycles. The van der Waals surface area contributed by atoms with Crippen LogP contribution in [0.5, 0.6) is 5.75 Å². The standard InChI is InChI=1S/C8H10O.C6H9N3O2.C4H9NO/c1-7-3-5-8(9-2)6-4-7;10-6(11)7-2-1-5-3-8-9-4-5;6-4-1-2-5-3-4/h3-6H,1-2H3;3-4,7H,1-2H2,(H,8,9)(H,10,11);4-6H,1-3H2. The fourth-order valence-electron chi connectivity index (χ4n) is 2.04. The van der Waals surface area contributed by atoms with E-state index < -0.39 is 6.09 Å². The van der Waals surface area contributed by atoms with E-state index in [4.69, 9.17) is 14.9 Å². The van der Waals surface area contributed by atoms with Gasteiger partial charge in [0.25, 0.3) is 0 Å². The minimum absolute atomic E-state index is 0.0648. The van der Waals surface area contributed by atoms with E-state index in [-0.39, 0.29) is 6.10 Å². The first-order valence-electron chi connectivity index (χ1n) is 8.45. The van der Waals surface area contributed by atoms with Crippen LogP contribution in [-0.4, -0.2) is 59.4 Å². The molecule has 8 heteroatoms. The van der Waals surface area contributed by atoms with E-state index in [1.165, 1.54) is 5.56 Å². The van der Waals surface area contributed by atoms with Gasteiger partial charge in [-0.1, -0.05) is 17.7 Å². The van der Waals surface area contributed by atoms with Gasteiger partial charge >= 0.3 is 6.09 Å². The minimum Gasteiger partial charge on any atom is -0.497 e. The second-order valence-corrected chi connectivity index (χ2v) is 5.75. The normalized spacial score (nSPS) is 15.1. The number of amides is 1. The summed E-state index contributed by atoms with van der Waals surface area (Å²) >= 11 is 0. The molecule has 26 heavy (non-hydrogen) atoms. The molecule has 5 N–H and O–H groups in total. The fourth-order valence-corrected chi connectivity index (χ4v) is 2.04. The number of aromatic amines is 1. The van der Waals surface area contributed by atoms with Gasteiger partial charge in [0.15, 0.2) is 0 Å². The summed E-state index contributed by atoms with van der Waals surface area (Å²) in [5.74, 6) is 0.917. The van der Waals surface area contributed by atoms with Crippen LogP contribution in [0.1, 0.15) is 17.5 Å². The van der Waals surface area contributed by atoms with Crippen LogP contribution in [0.4, 0.5) is 4.79 Å². The number of aromatic nitrogens is 2. The van der Waals surface area contributed by atoms with Crippen molar-refractivity contribution in [2.75, 3.05) is 26.7 Å². The first-order valence-corrected chi connectivity index (χ1v) is 8.45. The van der Waals surface area contributed by atoms with Gasteiger partial charge in [-0.2, -0.15) is 5.10 Å². The molecule has 3 rings (SSSR count). The number of benzene rings is 1. The molecule has 1 aliphatic rings. The topological polar surface area (TPSA) is 120 Å². The van der Waals surface area contributed by atoms with Gasteiger partial charge in [0.05, 0.1) is 19.4 Å². The van der Waals surface area contributed by atoms with Crippen molar-refractivity contribution in [2.24, 2.45) is 0 Å². The Kier molecular flexibility index (Phi) is 10.5. The second kappa shape index (κ2) is 12.7. The van der Waals surface area contributed by atoms with Gasteiger partial charge < -0.3 is 25.6 Å². The quantitative estimate of drug-likeness (QED) is 0.562. The maximum absolute atomic E-state index is 9.99. The maximum atomic E-state index is 9.99. The van der Waals surface area contributed by atoms with Gasteiger partial charge in [0.1, 0.15) is 5.75 Å². The summed E-state index contributed by atoms with van der Waals surface area (Å²) in [5, 5.41) is 28.5. The fraction of sp³-hybridized carbons (Fsp3) is 0.444. The van der Waals surface area contributed by atoms with Crippen LogP contribution in [0, 0.1) is 6.92 Å². The summed E-state index contributed by atoms with van der Waals surface area (Å²) in [4.78, 5) is 9.99. The Morgan fingerprint density at radius 1 is 1.38 bits per heavy atom. The van der Waals surface area contributed by atoms with Crippen molar-refractivity contribution < 1.29 is 19.7 Å². The molecule has 8 nitrogen and oxygen atoms in total. The SMILES string of the molecule is COc1ccc(C)cc1.O=C(O)NCCc1cn[nH]c1.OC1CCNC1. The van der Waals surface area contributed by atoms with Crippen LogP contribution in [0.15, 0.2) is 36.7 Å². The van der Waals surface area contributed by atoms with E-state index in [9.17, 15) is 4.79 Å². The molecule has 1 aromatic carbocycles. The summed E-state index contributed by atoms with van der Waals surface area (Å²) in [6.07, 6.45) is 3.95. The van der Waals surface area contributed by atoms with Crippen LogP contribution >= 0.6 is 0 Å². The molecule has 0 spiro atoms. The molecule has 1 aliphatic heterocycles. The van der Waals surface area contributed by atoms with Crippen molar-refractivity contribution in [3.8, 4) is 5.75 Å². The van der Waals surface area contributed by atoms with Crippen LogP contribution in [0.2, 0.25) is 0 Å². The Labute approximate surface area is 153 Å². The lowest BCUT2D eigenvalue weighted by Crippen LogP contribution is -2.23. The van der Waals surface area contributed by atoms with Crippen LogP contribution in [0.25, 0.3) is 0 Å². The zero-order valence-electron chi connectivity index (χ0n) is 15.2. The van der Waals surface area contributed by atoms with Crippen molar-refractivity contribution in [2.45, 2.75) is 25.9 Å². The number of nitrogens with one attached hydrogen (secondary N) is 3. The third-order valence-corrected chi connectivity index (χ3v) is 3.54. The number of carbonyl (C=O) groups is 1. The highest BCUT2D eigenvalue weighted by molar-refractivity contribution is 5.64. The third kappa shape index (κ3) is 10.3. The Hall–Kier alpha value is -2.58. The number of β-amino-alcohol motifs (C(OH)–C–C–N with tert-alkyl or cyclic N) is 1. The maximum Gasteiger partial charge on any atom is 0.404 e. The predicted octanol–water partition coefficient (Wildman–Crippen LogP) is 1.56. The highest BCUT2D eigenvalue weighted by Crippen LogP contribution is 2.09. The predicted molar refractivity (Wildman–Crippen MR) is 99.5 cm³/mol. The number of rotatable bonds is 4. The van der Waals surface area contributed by atoms with Gasteiger partial charge in [0.2, 0.25) is 0 Å². The van der Waals surface area contributed by atoms with Crippen molar-refractivity contribution in [1.82, 2.24) is 20.8 Å². The number of hydrogen-bond acceptors (Lipinski definition) is 5. The van der Waals surface area contributed by atoms with Crippen LogP contribution in [-0.2, 0) is 6.42 Å². The lowest BCUT2D eigenvalue weighted by Gasteiger charge is -1.97. The molecule has 2 heterocycles. The monoisotopic (exact) mass is 364 g/mol. The van der Waals surface area contributed by atoms with E-state index in [0.717, 1.165) is 30.8 Å². The highest BCUT2D eigenvalue weighted by Gasteiger charge is 2.08. The lowest BCUT2D eigenvalue weighted by molar-refractivity contribution is 0.194. The Balaban J connectivity index is 0.000000203. The third-order valence-electron chi connectivity index (χ3n) is 3.54. The van der Waals surface area contributed by atoms with Gasteiger partial charge in [-0.15, -0.1) is 0 Å². The first kappa shape index (κ1) is 21.5. The smallest absolute Gasteiger partial charge is 0.404 e. The average molecular weight is 364 g/mol. The van der Waals surface area contributed by atoms with Crippen molar-refractivity contribution in [3.05, 3.63) is 47.8 Å². The molecule has 144 valence electrons. The lowest BCUT2D eigenvalue weighted by atomic mass is 10.2. The summed E-state index contributed by atoms with van der Waals surface area (Å²) in [5.41, 5.74) is 2.26. The number of aryl methyl sites for hydroxylation is 1. The number of aliphatic hydroxyl groups excluding tert-OH is 1. The highest BCUT2D eigenvalue weighted by atomic mass is 16.5. The molecule has 1 saturated heterocycles. The zero-order chi connectivity index (χ0) is 19.2. The Morgan fingerprint density at radius 2 is 2.12 bits per heavy atom. The van der Waals surface area contributed by atoms with E-state index in [1.54, 1.807) is 19.5 Å². The van der Waals surface area contributed by atoms with Crippen molar-refractivity contribution in [1.29, 1.82) is 0 Å². The Bertz CT molecular complexity index is 596. The number of nitrogens with zero attached hydrogens (tertiary/aromatic N) is 1. The first-order chi connectivity index (χ1) is 12.5.